The van der Waals surface area contributed by atoms with Crippen LogP contribution in [-0.4, -0.2) is 23.1 Å². The van der Waals surface area contributed by atoms with Gasteiger partial charge in [0.2, 0.25) is 5.95 Å². The average molecular weight is 290 g/mol. The Hall–Kier alpha value is -1.32. The van der Waals surface area contributed by atoms with Crippen LogP contribution in [0, 0.1) is 18.8 Å². The van der Waals surface area contributed by atoms with E-state index in [1.165, 1.54) is 32.1 Å². The van der Waals surface area contributed by atoms with Gasteiger partial charge in [0.1, 0.15) is 5.82 Å². The second kappa shape index (κ2) is 8.20. The maximum Gasteiger partial charge on any atom is 0.224 e. The van der Waals surface area contributed by atoms with Crippen LogP contribution in [0.25, 0.3) is 0 Å². The first-order chi connectivity index (χ1) is 10.2. The van der Waals surface area contributed by atoms with Crippen molar-refractivity contribution in [3.05, 3.63) is 11.8 Å². The maximum absolute atomic E-state index is 4.54. The Morgan fingerprint density at radius 1 is 1.19 bits per heavy atom. The standard InChI is InChI=1S/C17H30N4/c1-4-9-19-17-20-14(3)12-16(21-17)18-10-8-15-7-5-6-13(2)11-15/h12-13,15H,4-11H2,1-3H3,(H2,18,19,20,21). The van der Waals surface area contributed by atoms with Crippen LogP contribution >= 0.6 is 0 Å². The van der Waals surface area contributed by atoms with Gasteiger partial charge in [-0.05, 0) is 38.0 Å². The molecule has 0 saturated heterocycles. The van der Waals surface area contributed by atoms with Crippen LogP contribution in [-0.2, 0) is 0 Å². The maximum atomic E-state index is 4.54. The van der Waals surface area contributed by atoms with Gasteiger partial charge >= 0.3 is 0 Å². The largest absolute Gasteiger partial charge is 0.370 e. The summed E-state index contributed by atoms with van der Waals surface area (Å²) in [6, 6.07) is 2.03. The lowest BCUT2D eigenvalue weighted by Gasteiger charge is -2.26. The second-order valence-corrected chi connectivity index (χ2v) is 6.50. The molecule has 2 N–H and O–H groups in total. The van der Waals surface area contributed by atoms with E-state index >= 15 is 0 Å². The first-order valence-electron chi connectivity index (χ1n) is 8.50. The van der Waals surface area contributed by atoms with Crippen LogP contribution in [0.4, 0.5) is 11.8 Å². The van der Waals surface area contributed by atoms with Gasteiger partial charge in [0.05, 0.1) is 0 Å². The van der Waals surface area contributed by atoms with Gasteiger partial charge in [-0.1, -0.05) is 33.1 Å². The molecule has 21 heavy (non-hydrogen) atoms. The summed E-state index contributed by atoms with van der Waals surface area (Å²) in [6.07, 6.45) is 7.96. The molecule has 2 rings (SSSR count). The number of anilines is 2. The monoisotopic (exact) mass is 290 g/mol. The second-order valence-electron chi connectivity index (χ2n) is 6.50. The summed E-state index contributed by atoms with van der Waals surface area (Å²) in [7, 11) is 0. The van der Waals surface area contributed by atoms with Gasteiger partial charge < -0.3 is 10.6 Å². The van der Waals surface area contributed by atoms with Gasteiger partial charge in [0, 0.05) is 24.8 Å². The topological polar surface area (TPSA) is 49.8 Å². The van der Waals surface area contributed by atoms with Crippen molar-refractivity contribution in [1.29, 1.82) is 0 Å². The predicted octanol–water partition coefficient (Wildman–Crippen LogP) is 4.24. The van der Waals surface area contributed by atoms with Crippen molar-refractivity contribution >= 4 is 11.8 Å². The fourth-order valence-electron chi connectivity index (χ4n) is 3.20. The number of hydrogen-bond donors (Lipinski definition) is 2. The van der Waals surface area contributed by atoms with Crippen molar-refractivity contribution in [3.63, 3.8) is 0 Å². The third-order valence-corrected chi connectivity index (χ3v) is 4.29. The number of nitrogens with one attached hydrogen (secondary N) is 2. The summed E-state index contributed by atoms with van der Waals surface area (Å²) in [5.74, 6) is 3.49. The molecule has 0 bridgehead atoms. The Kier molecular flexibility index (Phi) is 6.27. The summed E-state index contributed by atoms with van der Waals surface area (Å²) < 4.78 is 0. The van der Waals surface area contributed by atoms with Gasteiger partial charge in [-0.3, -0.25) is 0 Å². The molecule has 1 fully saturated rings. The minimum absolute atomic E-state index is 0.741. The molecule has 1 heterocycles. The van der Waals surface area contributed by atoms with E-state index < -0.39 is 0 Å². The van der Waals surface area contributed by atoms with Crippen molar-refractivity contribution in [3.8, 4) is 0 Å². The molecule has 0 amide bonds. The van der Waals surface area contributed by atoms with Gasteiger partial charge in [-0.15, -0.1) is 0 Å². The van der Waals surface area contributed by atoms with Gasteiger partial charge in [-0.2, -0.15) is 4.98 Å². The minimum Gasteiger partial charge on any atom is -0.370 e. The van der Waals surface area contributed by atoms with Gasteiger partial charge in [0.15, 0.2) is 0 Å². The first-order valence-corrected chi connectivity index (χ1v) is 8.50. The summed E-state index contributed by atoms with van der Waals surface area (Å²) in [5.41, 5.74) is 1.01. The van der Waals surface area contributed by atoms with Crippen LogP contribution < -0.4 is 10.6 Å². The van der Waals surface area contributed by atoms with Crippen LogP contribution in [0.15, 0.2) is 6.07 Å². The van der Waals surface area contributed by atoms with E-state index in [9.17, 15) is 0 Å². The molecule has 1 aliphatic rings. The van der Waals surface area contributed by atoms with E-state index in [4.69, 9.17) is 0 Å². The fourth-order valence-corrected chi connectivity index (χ4v) is 3.20. The van der Waals surface area contributed by atoms with Gasteiger partial charge in [0.25, 0.3) is 0 Å². The van der Waals surface area contributed by atoms with Crippen LogP contribution in [0.1, 0.15) is 58.1 Å². The van der Waals surface area contributed by atoms with E-state index in [1.54, 1.807) is 0 Å². The molecular weight excluding hydrogens is 260 g/mol. The molecule has 1 aromatic heterocycles. The highest BCUT2D eigenvalue weighted by Gasteiger charge is 2.18. The smallest absolute Gasteiger partial charge is 0.224 e. The molecule has 1 saturated carbocycles. The SMILES string of the molecule is CCCNc1nc(C)cc(NCCC2CCCC(C)C2)n1. The lowest BCUT2D eigenvalue weighted by molar-refractivity contribution is 0.274. The normalized spacial score (nSPS) is 22.0. The van der Waals surface area contributed by atoms with Crippen LogP contribution in [0.3, 0.4) is 0 Å². The highest BCUT2D eigenvalue weighted by atomic mass is 15.1. The predicted molar refractivity (Wildman–Crippen MR) is 89.8 cm³/mol. The Labute approximate surface area is 129 Å². The fraction of sp³-hybridized carbons (Fsp3) is 0.765. The molecule has 0 radical (unpaired) electrons. The van der Waals surface area contributed by atoms with Crippen molar-refractivity contribution < 1.29 is 0 Å². The molecule has 0 aromatic carbocycles. The highest BCUT2D eigenvalue weighted by Crippen LogP contribution is 2.30. The molecule has 2 unspecified atom stereocenters. The zero-order valence-corrected chi connectivity index (χ0v) is 13.8. The van der Waals surface area contributed by atoms with Crippen LogP contribution in [0.5, 0.6) is 0 Å². The third-order valence-electron chi connectivity index (χ3n) is 4.29. The zero-order chi connectivity index (χ0) is 15.1. The molecule has 0 spiro atoms. The average Bonchev–Trinajstić information content (AvgIpc) is 2.45. The molecule has 1 aliphatic carbocycles. The molecule has 118 valence electrons. The number of aryl methyl sites for hydroxylation is 1. The summed E-state index contributed by atoms with van der Waals surface area (Å²) in [5, 5.41) is 6.73. The zero-order valence-electron chi connectivity index (χ0n) is 13.8. The number of aromatic nitrogens is 2. The Balaban J connectivity index is 1.80. The third kappa shape index (κ3) is 5.52. The molecule has 2 atom stereocenters. The van der Waals surface area contributed by atoms with E-state index in [0.29, 0.717) is 0 Å². The summed E-state index contributed by atoms with van der Waals surface area (Å²) in [4.78, 5) is 8.95. The Morgan fingerprint density at radius 2 is 2.05 bits per heavy atom. The van der Waals surface area contributed by atoms with Crippen molar-refractivity contribution in [1.82, 2.24) is 9.97 Å². The number of nitrogens with zero attached hydrogens (tertiary/aromatic N) is 2. The van der Waals surface area contributed by atoms with Crippen molar-refractivity contribution in [2.24, 2.45) is 11.8 Å². The quantitative estimate of drug-likeness (QED) is 0.789. The van der Waals surface area contributed by atoms with Crippen molar-refractivity contribution in [2.75, 3.05) is 23.7 Å². The van der Waals surface area contributed by atoms with E-state index in [-0.39, 0.29) is 0 Å². The van der Waals surface area contributed by atoms with E-state index in [1.807, 2.05) is 13.0 Å². The minimum atomic E-state index is 0.741. The molecule has 4 nitrogen and oxygen atoms in total. The number of hydrogen-bond acceptors (Lipinski definition) is 4. The van der Waals surface area contributed by atoms with Gasteiger partial charge in [-0.25, -0.2) is 4.98 Å². The van der Waals surface area contributed by atoms with Crippen LogP contribution in [0.2, 0.25) is 0 Å². The van der Waals surface area contributed by atoms with E-state index in [0.717, 1.165) is 48.8 Å². The lowest BCUT2D eigenvalue weighted by atomic mass is 9.81. The Bertz CT molecular complexity index is 433. The molecule has 1 aromatic rings. The molecule has 0 aliphatic heterocycles. The lowest BCUT2D eigenvalue weighted by Crippen LogP contribution is -2.17. The van der Waals surface area contributed by atoms with E-state index in [2.05, 4.69) is 34.4 Å². The molecule has 4 heteroatoms. The van der Waals surface area contributed by atoms with Crippen molar-refractivity contribution in [2.45, 2.75) is 59.3 Å². The Morgan fingerprint density at radius 3 is 2.81 bits per heavy atom. The summed E-state index contributed by atoms with van der Waals surface area (Å²) >= 11 is 0. The highest BCUT2D eigenvalue weighted by molar-refractivity contribution is 5.42. The molecular formula is C17H30N4. The summed E-state index contributed by atoms with van der Waals surface area (Å²) in [6.45, 7) is 8.49. The first kappa shape index (κ1) is 16.1. The number of rotatable bonds is 7.